The Morgan fingerprint density at radius 3 is 2.33 bits per heavy atom. The number of methoxy groups -OCH3 is 1. The van der Waals surface area contributed by atoms with Crippen molar-refractivity contribution in [2.24, 2.45) is 0 Å². The van der Waals surface area contributed by atoms with Gasteiger partial charge in [0.1, 0.15) is 0 Å². The number of anilines is 1. The lowest BCUT2D eigenvalue weighted by Gasteiger charge is -2.22. The molecule has 0 radical (unpaired) electrons. The molecule has 102 valence electrons. The third-order valence-corrected chi connectivity index (χ3v) is 3.68. The molecule has 18 heavy (non-hydrogen) atoms. The molecule has 0 saturated heterocycles. The van der Waals surface area contributed by atoms with Gasteiger partial charge in [-0.1, -0.05) is 0 Å². The molecule has 1 unspecified atom stereocenters. The van der Waals surface area contributed by atoms with Crippen LogP contribution in [0.15, 0.2) is 29.2 Å². The number of aliphatic hydroxyl groups excluding tert-OH is 1. The number of ether oxygens (including phenoxy) is 1. The predicted molar refractivity (Wildman–Crippen MR) is 70.7 cm³/mol. The Morgan fingerprint density at radius 1 is 1.33 bits per heavy atom. The number of sulfone groups is 1. The summed E-state index contributed by atoms with van der Waals surface area (Å²) in [6.45, 7) is 0.692. The van der Waals surface area contributed by atoms with Crippen molar-refractivity contribution in [3.63, 3.8) is 0 Å². The maximum absolute atomic E-state index is 11.3. The predicted octanol–water partition coefficient (Wildman–Crippen LogP) is 0.534. The third-order valence-electron chi connectivity index (χ3n) is 2.55. The molecule has 1 aromatic rings. The Balaban J connectivity index is 2.73. The first-order chi connectivity index (χ1) is 8.34. The first-order valence-corrected chi connectivity index (χ1v) is 7.42. The summed E-state index contributed by atoms with van der Waals surface area (Å²) in [5.41, 5.74) is 0.845. The van der Waals surface area contributed by atoms with E-state index in [1.54, 1.807) is 24.3 Å². The molecule has 1 rings (SSSR count). The molecule has 0 amide bonds. The summed E-state index contributed by atoms with van der Waals surface area (Å²) >= 11 is 0. The average Bonchev–Trinajstić information content (AvgIpc) is 2.28. The van der Waals surface area contributed by atoms with Gasteiger partial charge < -0.3 is 14.7 Å². The molecule has 5 nitrogen and oxygen atoms in total. The van der Waals surface area contributed by atoms with Crippen molar-refractivity contribution >= 4 is 15.5 Å². The summed E-state index contributed by atoms with van der Waals surface area (Å²) in [6, 6.07) is 6.56. The Kier molecular flexibility index (Phi) is 5.13. The van der Waals surface area contributed by atoms with E-state index in [1.165, 1.54) is 13.4 Å². The van der Waals surface area contributed by atoms with Crippen LogP contribution in [0.5, 0.6) is 0 Å². The van der Waals surface area contributed by atoms with Gasteiger partial charge >= 0.3 is 0 Å². The van der Waals surface area contributed by atoms with Crippen LogP contribution in [0.25, 0.3) is 0 Å². The minimum absolute atomic E-state index is 0.270. The molecule has 0 aromatic heterocycles. The standard InChI is InChI=1S/C12H19NO4S/c1-13(8-11(14)9-17-2)10-4-6-12(7-5-10)18(3,15)16/h4-7,11,14H,8-9H2,1-3H3. The summed E-state index contributed by atoms with van der Waals surface area (Å²) < 4.78 is 27.5. The van der Waals surface area contributed by atoms with E-state index in [0.29, 0.717) is 6.54 Å². The van der Waals surface area contributed by atoms with Gasteiger partial charge in [0.15, 0.2) is 9.84 Å². The molecule has 1 aromatic carbocycles. The molecule has 0 fully saturated rings. The second-order valence-corrected chi connectivity index (χ2v) is 6.27. The van der Waals surface area contributed by atoms with E-state index in [9.17, 15) is 13.5 Å². The number of likely N-dealkylation sites (N-methyl/N-ethyl adjacent to an activating group) is 1. The smallest absolute Gasteiger partial charge is 0.175 e. The van der Waals surface area contributed by atoms with Crippen LogP contribution in [0.1, 0.15) is 0 Å². The SMILES string of the molecule is COCC(O)CN(C)c1ccc(S(C)(=O)=O)cc1. The van der Waals surface area contributed by atoms with Crippen molar-refractivity contribution in [1.29, 1.82) is 0 Å². The summed E-state index contributed by atoms with van der Waals surface area (Å²) in [4.78, 5) is 2.13. The zero-order chi connectivity index (χ0) is 13.8. The summed E-state index contributed by atoms with van der Waals surface area (Å²) in [7, 11) is 0.195. The van der Waals surface area contributed by atoms with Gasteiger partial charge in [0.05, 0.1) is 17.6 Å². The largest absolute Gasteiger partial charge is 0.389 e. The monoisotopic (exact) mass is 273 g/mol. The van der Waals surface area contributed by atoms with Crippen molar-refractivity contribution in [1.82, 2.24) is 0 Å². The van der Waals surface area contributed by atoms with E-state index in [-0.39, 0.29) is 11.5 Å². The molecule has 0 aliphatic carbocycles. The van der Waals surface area contributed by atoms with Gasteiger partial charge in [-0.25, -0.2) is 8.42 Å². The number of aliphatic hydroxyl groups is 1. The molecule has 0 aliphatic heterocycles. The molecule has 0 spiro atoms. The van der Waals surface area contributed by atoms with Crippen molar-refractivity contribution in [3.05, 3.63) is 24.3 Å². The highest BCUT2D eigenvalue weighted by Gasteiger charge is 2.10. The van der Waals surface area contributed by atoms with Crippen molar-refractivity contribution in [2.75, 3.05) is 38.5 Å². The first kappa shape index (κ1) is 14.9. The van der Waals surface area contributed by atoms with Gasteiger partial charge in [-0.05, 0) is 24.3 Å². The Morgan fingerprint density at radius 2 is 1.89 bits per heavy atom. The quantitative estimate of drug-likeness (QED) is 0.819. The molecular weight excluding hydrogens is 254 g/mol. The van der Waals surface area contributed by atoms with Crippen molar-refractivity contribution in [2.45, 2.75) is 11.0 Å². The lowest BCUT2D eigenvalue weighted by molar-refractivity contribution is 0.0695. The normalized spacial score (nSPS) is 13.3. The fourth-order valence-corrected chi connectivity index (χ4v) is 2.24. The third kappa shape index (κ3) is 4.29. The van der Waals surface area contributed by atoms with E-state index in [4.69, 9.17) is 4.74 Å². The first-order valence-electron chi connectivity index (χ1n) is 5.53. The van der Waals surface area contributed by atoms with Gasteiger partial charge in [0.25, 0.3) is 0 Å². The Bertz CT molecular complexity index is 469. The second kappa shape index (κ2) is 6.17. The van der Waals surface area contributed by atoms with Crippen molar-refractivity contribution < 1.29 is 18.3 Å². The molecule has 1 N–H and O–H groups in total. The van der Waals surface area contributed by atoms with Crippen LogP contribution in [0.2, 0.25) is 0 Å². The van der Waals surface area contributed by atoms with E-state index < -0.39 is 15.9 Å². The molecule has 1 atom stereocenters. The minimum Gasteiger partial charge on any atom is -0.389 e. The van der Waals surface area contributed by atoms with E-state index in [2.05, 4.69) is 0 Å². The van der Waals surface area contributed by atoms with Crippen LogP contribution in [0, 0.1) is 0 Å². The van der Waals surface area contributed by atoms with Gasteiger partial charge in [-0.3, -0.25) is 0 Å². The molecule has 0 heterocycles. The topological polar surface area (TPSA) is 66.8 Å². The number of rotatable bonds is 6. The fourth-order valence-electron chi connectivity index (χ4n) is 1.61. The molecular formula is C12H19NO4S. The van der Waals surface area contributed by atoms with E-state index >= 15 is 0 Å². The fraction of sp³-hybridized carbons (Fsp3) is 0.500. The molecule has 0 bridgehead atoms. The lowest BCUT2D eigenvalue weighted by Crippen LogP contribution is -2.31. The Labute approximate surface area is 108 Å². The van der Waals surface area contributed by atoms with Crippen LogP contribution in [0.4, 0.5) is 5.69 Å². The summed E-state index contributed by atoms with van der Waals surface area (Å²) in [5.74, 6) is 0. The number of nitrogens with zero attached hydrogens (tertiary/aromatic N) is 1. The second-order valence-electron chi connectivity index (χ2n) is 4.26. The molecule has 0 saturated carbocycles. The molecule has 0 aliphatic rings. The number of hydrogen-bond acceptors (Lipinski definition) is 5. The molecule has 6 heteroatoms. The van der Waals surface area contributed by atoms with Gasteiger partial charge in [-0.15, -0.1) is 0 Å². The van der Waals surface area contributed by atoms with Crippen LogP contribution in [-0.4, -0.2) is 53.2 Å². The maximum Gasteiger partial charge on any atom is 0.175 e. The number of hydrogen-bond donors (Lipinski definition) is 1. The van der Waals surface area contributed by atoms with Gasteiger partial charge in [0, 0.05) is 32.6 Å². The highest BCUT2D eigenvalue weighted by molar-refractivity contribution is 7.90. The van der Waals surface area contributed by atoms with Crippen molar-refractivity contribution in [3.8, 4) is 0 Å². The summed E-state index contributed by atoms with van der Waals surface area (Å²) in [6.07, 6.45) is 0.600. The highest BCUT2D eigenvalue weighted by atomic mass is 32.2. The van der Waals surface area contributed by atoms with Crippen LogP contribution < -0.4 is 4.90 Å². The maximum atomic E-state index is 11.3. The summed E-state index contributed by atoms with van der Waals surface area (Å²) in [5, 5.41) is 9.60. The van der Waals surface area contributed by atoms with Crippen LogP contribution >= 0.6 is 0 Å². The lowest BCUT2D eigenvalue weighted by atomic mass is 10.2. The zero-order valence-corrected chi connectivity index (χ0v) is 11.6. The van der Waals surface area contributed by atoms with Crippen LogP contribution in [0.3, 0.4) is 0 Å². The van der Waals surface area contributed by atoms with E-state index in [1.807, 2.05) is 11.9 Å². The Hall–Kier alpha value is -1.11. The number of benzene rings is 1. The highest BCUT2D eigenvalue weighted by Crippen LogP contribution is 2.17. The van der Waals surface area contributed by atoms with Crippen LogP contribution in [-0.2, 0) is 14.6 Å². The van der Waals surface area contributed by atoms with Gasteiger partial charge in [0.2, 0.25) is 0 Å². The van der Waals surface area contributed by atoms with Gasteiger partial charge in [-0.2, -0.15) is 0 Å². The zero-order valence-electron chi connectivity index (χ0n) is 10.8. The van der Waals surface area contributed by atoms with E-state index in [0.717, 1.165) is 5.69 Å². The minimum atomic E-state index is -3.16. The average molecular weight is 273 g/mol.